The van der Waals surface area contributed by atoms with Crippen LogP contribution < -0.4 is 0 Å². The molecular formula is C18H21FN2O4. The lowest BCUT2D eigenvalue weighted by Gasteiger charge is -2.40. The maximum absolute atomic E-state index is 13.6. The highest BCUT2D eigenvalue weighted by Gasteiger charge is 2.43. The van der Waals surface area contributed by atoms with Crippen molar-refractivity contribution in [3.8, 4) is 0 Å². The highest BCUT2D eigenvalue weighted by Crippen LogP contribution is 2.36. The number of carboxylic acid groups (broad SMARTS) is 1. The van der Waals surface area contributed by atoms with Gasteiger partial charge in [0.25, 0.3) is 5.91 Å². The van der Waals surface area contributed by atoms with Crippen LogP contribution in [0.5, 0.6) is 0 Å². The second-order valence-electron chi connectivity index (χ2n) is 6.71. The predicted octanol–water partition coefficient (Wildman–Crippen LogP) is 1.53. The van der Waals surface area contributed by atoms with Crippen LogP contribution in [0.15, 0.2) is 18.2 Å². The molecule has 2 amide bonds. The number of hydrogen-bond donors (Lipinski definition) is 1. The van der Waals surface area contributed by atoms with E-state index in [9.17, 15) is 18.8 Å². The van der Waals surface area contributed by atoms with Crippen LogP contribution in [-0.4, -0.2) is 58.9 Å². The second-order valence-corrected chi connectivity index (χ2v) is 6.71. The summed E-state index contributed by atoms with van der Waals surface area (Å²) in [6, 6.07) is 4.41. The van der Waals surface area contributed by atoms with E-state index < -0.39 is 23.6 Å². The number of carboxylic acids is 1. The van der Waals surface area contributed by atoms with Gasteiger partial charge in [0.1, 0.15) is 5.82 Å². The van der Waals surface area contributed by atoms with Crippen LogP contribution in [-0.2, 0) is 9.59 Å². The van der Waals surface area contributed by atoms with Gasteiger partial charge in [0.05, 0.1) is 11.8 Å². The molecule has 1 aromatic rings. The molecule has 3 rings (SSSR count). The van der Waals surface area contributed by atoms with Crippen LogP contribution in [0.25, 0.3) is 0 Å². The molecule has 0 aromatic heterocycles. The van der Waals surface area contributed by atoms with E-state index in [1.54, 1.807) is 28.9 Å². The lowest BCUT2D eigenvalue weighted by molar-refractivity contribution is -0.157. The van der Waals surface area contributed by atoms with E-state index in [0.717, 1.165) is 0 Å². The van der Waals surface area contributed by atoms with E-state index in [-0.39, 0.29) is 11.8 Å². The molecule has 2 aliphatic rings. The smallest absolute Gasteiger partial charge is 0.307 e. The first kappa shape index (κ1) is 17.4. The number of carbonyl (C=O) groups excluding carboxylic acids is 2. The van der Waals surface area contributed by atoms with Gasteiger partial charge < -0.3 is 14.9 Å². The van der Waals surface area contributed by atoms with Gasteiger partial charge in [-0.15, -0.1) is 0 Å². The molecule has 1 saturated heterocycles. The number of nitrogens with zero attached hydrogens (tertiary/aromatic N) is 2. The van der Waals surface area contributed by atoms with Gasteiger partial charge in [-0.2, -0.15) is 0 Å². The van der Waals surface area contributed by atoms with Crippen LogP contribution in [0.1, 0.15) is 28.8 Å². The van der Waals surface area contributed by atoms with E-state index in [0.29, 0.717) is 50.1 Å². The van der Waals surface area contributed by atoms with Crippen molar-refractivity contribution < 1.29 is 23.9 Å². The third kappa shape index (κ3) is 3.36. The Kier molecular flexibility index (Phi) is 4.74. The van der Waals surface area contributed by atoms with Gasteiger partial charge in [0, 0.05) is 31.7 Å². The van der Waals surface area contributed by atoms with Gasteiger partial charge in [0.15, 0.2) is 0 Å². The Bertz CT molecular complexity index is 713. The normalized spacial score (nSPS) is 23.1. The van der Waals surface area contributed by atoms with Crippen molar-refractivity contribution in [3.63, 3.8) is 0 Å². The molecule has 0 spiro atoms. The van der Waals surface area contributed by atoms with E-state index >= 15 is 0 Å². The summed E-state index contributed by atoms with van der Waals surface area (Å²) in [6.07, 6.45) is 1.15. The number of carbonyl (C=O) groups is 3. The van der Waals surface area contributed by atoms with Gasteiger partial charge in [-0.3, -0.25) is 14.4 Å². The summed E-state index contributed by atoms with van der Waals surface area (Å²) in [7, 11) is 0. The Labute approximate surface area is 145 Å². The Balaban J connectivity index is 1.58. The first-order chi connectivity index (χ1) is 11.9. The predicted molar refractivity (Wildman–Crippen MR) is 87.5 cm³/mol. The molecule has 134 valence electrons. The molecule has 1 aliphatic heterocycles. The number of benzene rings is 1. The summed E-state index contributed by atoms with van der Waals surface area (Å²) < 4.78 is 13.6. The molecule has 1 heterocycles. The van der Waals surface area contributed by atoms with Crippen LogP contribution >= 0.6 is 0 Å². The molecule has 0 bridgehead atoms. The van der Waals surface area contributed by atoms with Crippen LogP contribution in [0, 0.1) is 24.6 Å². The molecule has 0 radical (unpaired) electrons. The first-order valence-electron chi connectivity index (χ1n) is 8.45. The topological polar surface area (TPSA) is 77.9 Å². The summed E-state index contributed by atoms with van der Waals surface area (Å²) in [6.45, 7) is 3.12. The van der Waals surface area contributed by atoms with Crippen molar-refractivity contribution in [2.24, 2.45) is 11.8 Å². The van der Waals surface area contributed by atoms with Crippen molar-refractivity contribution in [2.75, 3.05) is 26.2 Å². The molecule has 1 aliphatic carbocycles. The van der Waals surface area contributed by atoms with E-state index in [1.165, 1.54) is 6.07 Å². The van der Waals surface area contributed by atoms with E-state index in [4.69, 9.17) is 5.11 Å². The fraction of sp³-hybridized carbons (Fsp3) is 0.500. The average Bonchev–Trinajstić information content (AvgIpc) is 2.55. The molecule has 2 unspecified atom stereocenters. The Morgan fingerprint density at radius 2 is 1.64 bits per heavy atom. The summed E-state index contributed by atoms with van der Waals surface area (Å²) in [5.74, 6) is -2.73. The fourth-order valence-corrected chi connectivity index (χ4v) is 3.36. The minimum absolute atomic E-state index is 0.132. The minimum atomic E-state index is -0.917. The van der Waals surface area contributed by atoms with Crippen LogP contribution in [0.4, 0.5) is 4.39 Å². The molecular weight excluding hydrogens is 327 g/mol. The lowest BCUT2D eigenvalue weighted by atomic mass is 9.73. The highest BCUT2D eigenvalue weighted by molar-refractivity contribution is 5.94. The van der Waals surface area contributed by atoms with Crippen LogP contribution in [0.2, 0.25) is 0 Å². The zero-order valence-electron chi connectivity index (χ0n) is 14.1. The van der Waals surface area contributed by atoms with Crippen LogP contribution in [0.3, 0.4) is 0 Å². The Hall–Kier alpha value is -2.44. The lowest BCUT2D eigenvalue weighted by Crippen LogP contribution is -2.54. The van der Waals surface area contributed by atoms with Gasteiger partial charge >= 0.3 is 5.97 Å². The quantitative estimate of drug-likeness (QED) is 0.899. The third-order valence-corrected chi connectivity index (χ3v) is 5.21. The van der Waals surface area contributed by atoms with Gasteiger partial charge in [-0.05, 0) is 37.5 Å². The van der Waals surface area contributed by atoms with Crippen molar-refractivity contribution in [1.82, 2.24) is 9.80 Å². The molecule has 6 nitrogen and oxygen atoms in total. The number of aliphatic carboxylic acids is 1. The summed E-state index contributed by atoms with van der Waals surface area (Å²) in [5, 5.41) is 9.08. The number of amides is 2. The largest absolute Gasteiger partial charge is 0.481 e. The summed E-state index contributed by atoms with van der Waals surface area (Å²) >= 11 is 0. The maximum Gasteiger partial charge on any atom is 0.307 e. The second kappa shape index (κ2) is 6.82. The number of halogens is 1. The Morgan fingerprint density at radius 3 is 2.16 bits per heavy atom. The number of hydrogen-bond acceptors (Lipinski definition) is 3. The highest BCUT2D eigenvalue weighted by atomic mass is 19.1. The zero-order valence-corrected chi connectivity index (χ0v) is 14.1. The zero-order chi connectivity index (χ0) is 18.1. The van der Waals surface area contributed by atoms with E-state index in [1.807, 2.05) is 0 Å². The molecule has 2 fully saturated rings. The molecule has 1 aromatic carbocycles. The van der Waals surface area contributed by atoms with Crippen molar-refractivity contribution in [3.05, 3.63) is 35.1 Å². The molecule has 25 heavy (non-hydrogen) atoms. The van der Waals surface area contributed by atoms with Crippen molar-refractivity contribution >= 4 is 17.8 Å². The molecule has 7 heteroatoms. The molecule has 1 saturated carbocycles. The van der Waals surface area contributed by atoms with E-state index in [2.05, 4.69) is 0 Å². The average molecular weight is 348 g/mol. The van der Waals surface area contributed by atoms with Crippen molar-refractivity contribution in [1.29, 1.82) is 0 Å². The number of rotatable bonds is 3. The molecule has 2 atom stereocenters. The monoisotopic (exact) mass is 348 g/mol. The van der Waals surface area contributed by atoms with Gasteiger partial charge in [-0.25, -0.2) is 4.39 Å². The first-order valence-corrected chi connectivity index (χ1v) is 8.45. The van der Waals surface area contributed by atoms with Gasteiger partial charge in [0.2, 0.25) is 5.91 Å². The standard InChI is InChI=1S/C18H21FN2O4/c1-11-2-3-12(10-15(11)19)16(22)20-6-8-21(9-7-20)17(23)13-4-5-14(13)18(24)25/h2-3,10,13-14H,4-9H2,1H3,(H,24,25). The van der Waals surface area contributed by atoms with Crippen molar-refractivity contribution in [2.45, 2.75) is 19.8 Å². The SMILES string of the molecule is Cc1ccc(C(=O)N2CCN(C(=O)C3CCC3C(=O)O)CC2)cc1F. The van der Waals surface area contributed by atoms with Gasteiger partial charge in [-0.1, -0.05) is 6.07 Å². The fourth-order valence-electron chi connectivity index (χ4n) is 3.36. The summed E-state index contributed by atoms with van der Waals surface area (Å²) in [5.41, 5.74) is 0.785. The number of aryl methyl sites for hydroxylation is 1. The third-order valence-electron chi connectivity index (χ3n) is 5.21. The maximum atomic E-state index is 13.6. The molecule has 1 N–H and O–H groups in total. The number of piperazine rings is 1. The summed E-state index contributed by atoms with van der Waals surface area (Å²) in [4.78, 5) is 39.2. The Morgan fingerprint density at radius 1 is 1.04 bits per heavy atom. The minimum Gasteiger partial charge on any atom is -0.481 e.